The van der Waals surface area contributed by atoms with Gasteiger partial charge in [0.25, 0.3) is 0 Å². The van der Waals surface area contributed by atoms with Gasteiger partial charge in [0, 0.05) is 16.7 Å². The van der Waals surface area contributed by atoms with Crippen LogP contribution in [0.1, 0.15) is 119 Å². The third-order valence-electron chi connectivity index (χ3n) is 6.98. The summed E-state index contributed by atoms with van der Waals surface area (Å²) in [6, 6.07) is 10.5. The lowest BCUT2D eigenvalue weighted by molar-refractivity contribution is 0.235. The van der Waals surface area contributed by atoms with Crippen LogP contribution < -0.4 is 0 Å². The Hall–Kier alpha value is -2.47. The van der Waals surface area contributed by atoms with Crippen molar-refractivity contribution in [2.75, 3.05) is 0 Å². The molecule has 0 N–H and O–H groups in total. The molecule has 35 heavy (non-hydrogen) atoms. The van der Waals surface area contributed by atoms with Gasteiger partial charge in [0.1, 0.15) is 17.8 Å². The van der Waals surface area contributed by atoms with Crippen LogP contribution in [0.2, 0.25) is 0 Å². The Labute approximate surface area is 210 Å². The predicted molar refractivity (Wildman–Crippen MR) is 141 cm³/mol. The fourth-order valence-corrected chi connectivity index (χ4v) is 4.78. The van der Waals surface area contributed by atoms with Gasteiger partial charge in [-0.1, -0.05) is 88.0 Å². The largest absolute Gasteiger partial charge is 0.247 e. The highest BCUT2D eigenvalue weighted by Gasteiger charge is 2.21. The van der Waals surface area contributed by atoms with Crippen LogP contribution in [0.4, 0.5) is 13.2 Å². The van der Waals surface area contributed by atoms with Gasteiger partial charge in [0.15, 0.2) is 0 Å². The van der Waals surface area contributed by atoms with Gasteiger partial charge in [0.05, 0.1) is 0 Å². The van der Waals surface area contributed by atoms with Crippen molar-refractivity contribution in [2.24, 2.45) is 0 Å². The summed E-state index contributed by atoms with van der Waals surface area (Å²) in [5.41, 5.74) is 2.33. The molecule has 0 aromatic heterocycles. The first-order valence-corrected chi connectivity index (χ1v) is 13.5. The van der Waals surface area contributed by atoms with E-state index in [9.17, 15) is 13.2 Å². The number of halogens is 3. The Morgan fingerprint density at radius 1 is 0.771 bits per heavy atom. The number of unbranched alkanes of at least 4 members (excludes halogenated alkanes) is 8. The zero-order valence-corrected chi connectivity index (χ0v) is 21.1. The second-order valence-electron chi connectivity index (χ2n) is 9.84. The highest BCUT2D eigenvalue weighted by molar-refractivity contribution is 5.54. The van der Waals surface area contributed by atoms with Crippen molar-refractivity contribution in [1.82, 2.24) is 0 Å². The summed E-state index contributed by atoms with van der Waals surface area (Å²) in [6.45, 7) is 2.22. The molecule has 0 radical (unpaired) electrons. The second kappa shape index (κ2) is 14.8. The summed E-state index contributed by atoms with van der Waals surface area (Å²) < 4.78 is 42.4. The van der Waals surface area contributed by atoms with Crippen molar-refractivity contribution in [3.63, 3.8) is 0 Å². The summed E-state index contributed by atoms with van der Waals surface area (Å²) in [7, 11) is 0. The number of hydrogen-bond acceptors (Lipinski definition) is 0. The van der Waals surface area contributed by atoms with E-state index in [1.165, 1.54) is 56.2 Å². The van der Waals surface area contributed by atoms with Gasteiger partial charge in [-0.3, -0.25) is 0 Å². The quantitative estimate of drug-likeness (QED) is 0.222. The fourth-order valence-electron chi connectivity index (χ4n) is 4.78. The van der Waals surface area contributed by atoms with Crippen molar-refractivity contribution in [2.45, 2.75) is 102 Å². The van der Waals surface area contributed by atoms with Gasteiger partial charge in [-0.2, -0.15) is 0 Å². The lowest BCUT2D eigenvalue weighted by atomic mass is 9.83. The van der Waals surface area contributed by atoms with E-state index < -0.39 is 17.8 Å². The minimum absolute atomic E-state index is 0.00229. The molecule has 0 saturated heterocycles. The minimum Gasteiger partial charge on any atom is -0.247 e. The Morgan fingerprint density at radius 3 is 1.97 bits per heavy atom. The van der Waals surface area contributed by atoms with Crippen LogP contribution >= 0.6 is 0 Å². The molecule has 0 bridgehead atoms. The van der Waals surface area contributed by atoms with E-state index in [1.54, 1.807) is 6.08 Å². The number of benzene rings is 2. The van der Waals surface area contributed by atoms with E-state index in [1.807, 2.05) is 30.3 Å². The third kappa shape index (κ3) is 9.25. The van der Waals surface area contributed by atoms with E-state index in [0.717, 1.165) is 37.7 Å². The van der Waals surface area contributed by atoms with Crippen molar-refractivity contribution in [3.05, 3.63) is 76.4 Å². The molecule has 0 amide bonds. The lowest BCUT2D eigenvalue weighted by Crippen LogP contribution is -2.13. The molecule has 1 aliphatic rings. The maximum absolute atomic E-state index is 14.5. The van der Waals surface area contributed by atoms with Gasteiger partial charge in [0.2, 0.25) is 0 Å². The first-order chi connectivity index (χ1) is 17.1. The molecule has 1 fully saturated rings. The van der Waals surface area contributed by atoms with Crippen LogP contribution in [0.5, 0.6) is 0 Å². The second-order valence-corrected chi connectivity index (χ2v) is 9.84. The molecule has 0 atom stereocenters. The first kappa shape index (κ1) is 27.1. The van der Waals surface area contributed by atoms with Crippen LogP contribution in [0, 0.1) is 23.5 Å². The number of allylic oxidation sites excluding steroid dienone is 1. The summed E-state index contributed by atoms with van der Waals surface area (Å²) in [4.78, 5) is 0. The average Bonchev–Trinajstić information content (AvgIpc) is 2.86. The Balaban J connectivity index is 1.48. The van der Waals surface area contributed by atoms with Crippen LogP contribution in [0.15, 0.2) is 42.5 Å². The smallest absolute Gasteiger partial charge is 0.134 e. The van der Waals surface area contributed by atoms with E-state index in [0.29, 0.717) is 24.3 Å². The van der Waals surface area contributed by atoms with Crippen molar-refractivity contribution in [3.8, 4) is 11.8 Å². The molecule has 2 aromatic rings. The molecule has 2 aromatic carbocycles. The fraction of sp³-hybridized carbons (Fsp3) is 0.500. The maximum atomic E-state index is 14.5. The summed E-state index contributed by atoms with van der Waals surface area (Å²) >= 11 is 0. The number of rotatable bonds is 11. The normalized spacial score (nSPS) is 17.9. The monoisotopic (exact) mass is 480 g/mol. The molecule has 188 valence electrons. The van der Waals surface area contributed by atoms with E-state index in [4.69, 9.17) is 0 Å². The van der Waals surface area contributed by atoms with Crippen LogP contribution in [0.3, 0.4) is 0 Å². The van der Waals surface area contributed by atoms with Crippen molar-refractivity contribution < 1.29 is 13.2 Å². The Bertz CT molecular complexity index is 963. The minimum atomic E-state index is -0.658. The van der Waals surface area contributed by atoms with Gasteiger partial charge >= 0.3 is 0 Å². The Kier molecular flexibility index (Phi) is 11.5. The van der Waals surface area contributed by atoms with E-state index in [-0.39, 0.29) is 5.56 Å². The highest BCUT2D eigenvalue weighted by atomic mass is 19.1. The van der Waals surface area contributed by atoms with Crippen molar-refractivity contribution >= 4 is 6.08 Å². The average molecular weight is 481 g/mol. The third-order valence-corrected chi connectivity index (χ3v) is 6.98. The summed E-state index contributed by atoms with van der Waals surface area (Å²) in [5, 5.41) is 0. The molecule has 1 aliphatic carbocycles. The topological polar surface area (TPSA) is 0 Å². The first-order valence-electron chi connectivity index (χ1n) is 13.5. The van der Waals surface area contributed by atoms with E-state index >= 15 is 0 Å². The van der Waals surface area contributed by atoms with E-state index in [2.05, 4.69) is 18.8 Å². The summed E-state index contributed by atoms with van der Waals surface area (Å²) in [6.07, 6.45) is 16.6. The number of hydrogen-bond donors (Lipinski definition) is 0. The SMILES string of the molecule is CCCCCCCCCC/C=C/c1c(F)cc(C#Cc2ccc(C3CCC(F)CC3)cc2)cc1F. The van der Waals surface area contributed by atoms with Gasteiger partial charge in [-0.25, -0.2) is 13.2 Å². The van der Waals surface area contributed by atoms with Gasteiger partial charge in [-0.15, -0.1) is 0 Å². The molecular formula is C32H39F3. The number of alkyl halides is 1. The van der Waals surface area contributed by atoms with Gasteiger partial charge < -0.3 is 0 Å². The molecular weight excluding hydrogens is 441 g/mol. The molecule has 1 saturated carbocycles. The van der Waals surface area contributed by atoms with Crippen LogP contribution in [-0.4, -0.2) is 6.17 Å². The maximum Gasteiger partial charge on any atom is 0.134 e. The zero-order valence-electron chi connectivity index (χ0n) is 21.1. The van der Waals surface area contributed by atoms with Crippen LogP contribution in [0.25, 0.3) is 6.08 Å². The molecule has 0 nitrogen and oxygen atoms in total. The standard InChI is InChI=1S/C32H39F3/c1-2-3-4-5-6-7-8-9-10-11-12-30-31(34)23-26(24-32(30)35)14-13-25-15-17-27(18-16-25)28-19-21-29(33)22-20-28/h11-12,15-18,23-24,28-29H,2-10,19-22H2,1H3/b12-11+. The molecule has 3 heteroatoms. The molecule has 0 unspecified atom stereocenters. The highest BCUT2D eigenvalue weighted by Crippen LogP contribution is 2.34. The molecule has 0 heterocycles. The van der Waals surface area contributed by atoms with Crippen LogP contribution in [-0.2, 0) is 0 Å². The lowest BCUT2D eigenvalue weighted by Gasteiger charge is -2.24. The Morgan fingerprint density at radius 2 is 1.34 bits per heavy atom. The summed E-state index contributed by atoms with van der Waals surface area (Å²) in [5.74, 6) is 5.12. The van der Waals surface area contributed by atoms with Crippen molar-refractivity contribution in [1.29, 1.82) is 0 Å². The molecule has 0 spiro atoms. The predicted octanol–water partition coefficient (Wildman–Crippen LogP) is 9.90. The molecule has 0 aliphatic heterocycles. The van der Waals surface area contributed by atoms with Gasteiger partial charge in [-0.05, 0) is 74.3 Å². The zero-order chi connectivity index (χ0) is 24.9. The molecule has 3 rings (SSSR count).